The molecule has 0 radical (unpaired) electrons. The molecule has 0 aliphatic heterocycles. The lowest BCUT2D eigenvalue weighted by Gasteiger charge is -2.31. The molecule has 6 nitrogen and oxygen atoms in total. The van der Waals surface area contributed by atoms with Crippen LogP contribution in [0.1, 0.15) is 48.2 Å². The van der Waals surface area contributed by atoms with Crippen molar-refractivity contribution in [2.24, 2.45) is 0 Å². The summed E-state index contributed by atoms with van der Waals surface area (Å²) in [4.78, 5) is 23.3. The lowest BCUT2D eigenvalue weighted by molar-refractivity contribution is -0.136. The maximum atomic E-state index is 12.1. The normalized spacial score (nSPS) is 22.8. The van der Waals surface area contributed by atoms with Crippen LogP contribution in [0.2, 0.25) is 0 Å². The Labute approximate surface area is 155 Å². The first kappa shape index (κ1) is 17.0. The van der Waals surface area contributed by atoms with Gasteiger partial charge < -0.3 is 9.84 Å². The van der Waals surface area contributed by atoms with Gasteiger partial charge in [0.2, 0.25) is 0 Å². The molecule has 134 valence electrons. The second kappa shape index (κ2) is 6.36. The van der Waals surface area contributed by atoms with E-state index in [1.54, 1.807) is 11.3 Å². The fourth-order valence-electron chi connectivity index (χ4n) is 4.09. The Morgan fingerprint density at radius 2 is 2.15 bits per heavy atom. The first-order valence-electron chi connectivity index (χ1n) is 8.76. The zero-order valence-corrected chi connectivity index (χ0v) is 15.4. The first-order chi connectivity index (χ1) is 12.6. The molecule has 2 aliphatic rings. The number of fused-ring (bicyclic) bond motifs is 3. The van der Waals surface area contributed by atoms with Crippen molar-refractivity contribution in [2.45, 2.75) is 50.4 Å². The average molecular weight is 369 g/mol. The van der Waals surface area contributed by atoms with Gasteiger partial charge in [-0.25, -0.2) is 14.8 Å². The number of nitrogens with zero attached hydrogens (tertiary/aromatic N) is 3. The number of ether oxygens (including phenoxy) is 1. The Bertz CT molecular complexity index is 972. The van der Waals surface area contributed by atoms with Crippen molar-refractivity contribution in [1.82, 2.24) is 9.97 Å². The van der Waals surface area contributed by atoms with Gasteiger partial charge in [0.25, 0.3) is 0 Å². The predicted molar refractivity (Wildman–Crippen MR) is 96.9 cm³/mol. The summed E-state index contributed by atoms with van der Waals surface area (Å²) >= 11 is 1.69. The lowest BCUT2D eigenvalue weighted by atomic mass is 9.70. The third-order valence-corrected chi connectivity index (χ3v) is 6.67. The number of carbonyl (C=O) groups is 1. The molecule has 2 aromatic rings. The Hall–Kier alpha value is -2.46. The highest BCUT2D eigenvalue weighted by Crippen LogP contribution is 2.46. The van der Waals surface area contributed by atoms with Crippen molar-refractivity contribution in [3.05, 3.63) is 33.8 Å². The summed E-state index contributed by atoms with van der Waals surface area (Å²) in [6.45, 7) is 0. The van der Waals surface area contributed by atoms with Crippen LogP contribution in [0.4, 0.5) is 0 Å². The number of allylic oxidation sites excluding steroid dienone is 1. The van der Waals surface area contributed by atoms with Crippen molar-refractivity contribution >= 4 is 27.5 Å². The van der Waals surface area contributed by atoms with E-state index >= 15 is 0 Å². The SMILES string of the molecule is COC(=O)C1=C(O)CC[C@](C#N)(c2ncnc3sc4c(c23)CCCC4)C1. The zero-order valence-electron chi connectivity index (χ0n) is 14.5. The van der Waals surface area contributed by atoms with Crippen LogP contribution in [0.15, 0.2) is 17.7 Å². The molecular weight excluding hydrogens is 350 g/mol. The quantitative estimate of drug-likeness (QED) is 0.814. The molecule has 2 aromatic heterocycles. The van der Waals surface area contributed by atoms with Gasteiger partial charge in [-0.2, -0.15) is 5.26 Å². The van der Waals surface area contributed by atoms with Crippen LogP contribution in [0.25, 0.3) is 10.2 Å². The number of hydrogen-bond acceptors (Lipinski definition) is 7. The van der Waals surface area contributed by atoms with E-state index in [4.69, 9.17) is 4.74 Å². The molecule has 0 bridgehead atoms. The number of nitriles is 1. The minimum absolute atomic E-state index is 0.0142. The highest BCUT2D eigenvalue weighted by molar-refractivity contribution is 7.18. The van der Waals surface area contributed by atoms with Crippen LogP contribution in [-0.4, -0.2) is 28.2 Å². The van der Waals surface area contributed by atoms with E-state index < -0.39 is 11.4 Å². The van der Waals surface area contributed by atoms with Crippen LogP contribution in [0, 0.1) is 11.3 Å². The molecule has 0 fully saturated rings. The van der Waals surface area contributed by atoms with E-state index in [-0.39, 0.29) is 24.2 Å². The molecule has 4 rings (SSSR count). The first-order valence-corrected chi connectivity index (χ1v) is 9.57. The minimum atomic E-state index is -0.955. The largest absolute Gasteiger partial charge is 0.512 e. The number of rotatable bonds is 2. The number of aliphatic hydroxyl groups is 1. The second-order valence-corrected chi connectivity index (χ2v) is 7.98. The smallest absolute Gasteiger partial charge is 0.337 e. The summed E-state index contributed by atoms with van der Waals surface area (Å²) in [7, 11) is 1.28. The number of aromatic nitrogens is 2. The minimum Gasteiger partial charge on any atom is -0.512 e. The number of aliphatic hydroxyl groups excluding tert-OH is 1. The highest BCUT2D eigenvalue weighted by atomic mass is 32.1. The molecule has 2 aliphatic carbocycles. The van der Waals surface area contributed by atoms with Gasteiger partial charge in [0.1, 0.15) is 22.3 Å². The lowest BCUT2D eigenvalue weighted by Crippen LogP contribution is -2.32. The van der Waals surface area contributed by atoms with Crippen molar-refractivity contribution in [2.75, 3.05) is 7.11 Å². The van der Waals surface area contributed by atoms with Gasteiger partial charge >= 0.3 is 5.97 Å². The standard InChI is InChI=1S/C19H19N3O3S/c1-25-18(24)12-8-19(9-20,7-6-13(12)23)16-15-11-4-2-3-5-14(11)26-17(15)22-10-21-16/h10,23H,2-8H2,1H3/t19-/m0/s1. The van der Waals surface area contributed by atoms with Gasteiger partial charge in [-0.3, -0.25) is 0 Å². The van der Waals surface area contributed by atoms with Gasteiger partial charge in [0.05, 0.1) is 24.4 Å². The molecule has 0 spiro atoms. The Morgan fingerprint density at radius 3 is 2.92 bits per heavy atom. The highest BCUT2D eigenvalue weighted by Gasteiger charge is 2.43. The second-order valence-electron chi connectivity index (χ2n) is 6.90. The van der Waals surface area contributed by atoms with Gasteiger partial charge in [-0.15, -0.1) is 11.3 Å². The van der Waals surface area contributed by atoms with Gasteiger partial charge in [-0.05, 0) is 37.7 Å². The molecule has 0 saturated heterocycles. The monoisotopic (exact) mass is 369 g/mol. The Balaban J connectivity index is 1.90. The van der Waals surface area contributed by atoms with E-state index in [1.165, 1.54) is 30.3 Å². The van der Waals surface area contributed by atoms with Crippen molar-refractivity contribution in [1.29, 1.82) is 5.26 Å². The van der Waals surface area contributed by atoms with E-state index in [1.807, 2.05) is 0 Å². The summed E-state index contributed by atoms with van der Waals surface area (Å²) in [6, 6.07) is 2.41. The van der Waals surface area contributed by atoms with Gasteiger partial charge in [-0.1, -0.05) is 0 Å². The Morgan fingerprint density at radius 1 is 1.35 bits per heavy atom. The van der Waals surface area contributed by atoms with Crippen LogP contribution < -0.4 is 0 Å². The number of thiophene rings is 1. The van der Waals surface area contributed by atoms with Crippen molar-refractivity contribution in [3.8, 4) is 6.07 Å². The molecule has 0 unspecified atom stereocenters. The van der Waals surface area contributed by atoms with E-state index in [0.29, 0.717) is 12.1 Å². The van der Waals surface area contributed by atoms with Crippen LogP contribution >= 0.6 is 11.3 Å². The van der Waals surface area contributed by atoms with Crippen molar-refractivity contribution in [3.63, 3.8) is 0 Å². The predicted octanol–water partition coefficient (Wildman–Crippen LogP) is 3.50. The van der Waals surface area contributed by atoms with Crippen LogP contribution in [-0.2, 0) is 27.8 Å². The van der Waals surface area contributed by atoms with E-state index in [9.17, 15) is 15.2 Å². The molecule has 0 saturated carbocycles. The van der Waals surface area contributed by atoms with E-state index in [0.717, 1.165) is 29.5 Å². The number of hydrogen-bond donors (Lipinski definition) is 1. The number of methoxy groups -OCH3 is 1. The average Bonchev–Trinajstić information content (AvgIpc) is 3.07. The van der Waals surface area contributed by atoms with Gasteiger partial charge in [0.15, 0.2) is 0 Å². The molecule has 0 amide bonds. The molecule has 2 heterocycles. The molecule has 1 atom stereocenters. The molecule has 0 aromatic carbocycles. The summed E-state index contributed by atoms with van der Waals surface area (Å²) in [6.07, 6.45) is 6.62. The maximum absolute atomic E-state index is 12.1. The van der Waals surface area contributed by atoms with Crippen LogP contribution in [0.5, 0.6) is 0 Å². The molecular formula is C19H19N3O3S. The Kier molecular flexibility index (Phi) is 4.16. The third-order valence-electron chi connectivity index (χ3n) is 5.47. The third kappa shape index (κ3) is 2.48. The van der Waals surface area contributed by atoms with Crippen molar-refractivity contribution < 1.29 is 14.6 Å². The zero-order chi connectivity index (χ0) is 18.3. The molecule has 7 heteroatoms. The summed E-state index contributed by atoms with van der Waals surface area (Å²) in [5.41, 5.74) is 1.18. The van der Waals surface area contributed by atoms with Crippen LogP contribution in [0.3, 0.4) is 0 Å². The number of esters is 1. The maximum Gasteiger partial charge on any atom is 0.337 e. The number of aryl methyl sites for hydroxylation is 2. The summed E-state index contributed by atoms with van der Waals surface area (Å²) in [5, 5.41) is 21.2. The van der Waals surface area contributed by atoms with Gasteiger partial charge in [0, 0.05) is 23.1 Å². The fraction of sp³-hybridized carbons (Fsp3) is 0.474. The number of carbonyl (C=O) groups excluding carboxylic acids is 1. The van der Waals surface area contributed by atoms with E-state index in [2.05, 4.69) is 16.0 Å². The fourth-order valence-corrected chi connectivity index (χ4v) is 5.32. The molecule has 1 N–H and O–H groups in total. The topological polar surface area (TPSA) is 96.1 Å². The molecule has 26 heavy (non-hydrogen) atoms. The summed E-state index contributed by atoms with van der Waals surface area (Å²) in [5.74, 6) is -0.570. The summed E-state index contributed by atoms with van der Waals surface area (Å²) < 4.78 is 4.80.